The van der Waals surface area contributed by atoms with E-state index in [0.717, 1.165) is 27.0 Å². The van der Waals surface area contributed by atoms with E-state index in [0.29, 0.717) is 15.6 Å². The minimum absolute atomic E-state index is 0.477. The number of benzene rings is 2. The summed E-state index contributed by atoms with van der Waals surface area (Å²) in [5.74, 6) is 0. The summed E-state index contributed by atoms with van der Waals surface area (Å²) in [6.07, 6.45) is 1.67. The highest BCUT2D eigenvalue weighted by Crippen LogP contribution is 2.28. The van der Waals surface area contributed by atoms with E-state index in [-0.39, 0.29) is 0 Å². The van der Waals surface area contributed by atoms with Gasteiger partial charge in [-0.2, -0.15) is 5.26 Å². The molecule has 1 heterocycles. The number of nitrogens with zero attached hydrogens (tertiary/aromatic N) is 2. The highest BCUT2D eigenvalue weighted by molar-refractivity contribution is 9.10. The molecule has 25 heavy (non-hydrogen) atoms. The first-order valence-electron chi connectivity index (χ1n) is 7.41. The predicted octanol–water partition coefficient (Wildman–Crippen LogP) is 6.51. The molecule has 6 heteroatoms. The Bertz CT molecular complexity index is 988. The smallest absolute Gasteiger partial charge is 0.136 e. The average Bonchev–Trinajstić information content (AvgIpc) is 3.08. The molecular formula is C19H13BrClN3S. The molecule has 0 fully saturated rings. The molecule has 3 aromatic rings. The number of rotatable bonds is 4. The van der Waals surface area contributed by atoms with Crippen molar-refractivity contribution in [2.75, 3.05) is 5.32 Å². The van der Waals surface area contributed by atoms with Gasteiger partial charge in [-0.15, -0.1) is 11.3 Å². The van der Waals surface area contributed by atoms with Crippen LogP contribution in [0.25, 0.3) is 16.8 Å². The Morgan fingerprint density at radius 1 is 1.32 bits per heavy atom. The molecule has 0 unspecified atom stereocenters. The monoisotopic (exact) mass is 429 g/mol. The largest absolute Gasteiger partial charge is 0.360 e. The Morgan fingerprint density at radius 2 is 2.16 bits per heavy atom. The maximum Gasteiger partial charge on any atom is 0.136 e. The molecule has 0 aliphatic rings. The van der Waals surface area contributed by atoms with Gasteiger partial charge in [-0.05, 0) is 36.8 Å². The third-order valence-electron chi connectivity index (χ3n) is 3.55. The molecule has 2 aromatic carbocycles. The summed E-state index contributed by atoms with van der Waals surface area (Å²) in [6, 6.07) is 15.7. The van der Waals surface area contributed by atoms with Crippen LogP contribution < -0.4 is 5.32 Å². The molecule has 0 aliphatic carbocycles. The first-order chi connectivity index (χ1) is 12.1. The van der Waals surface area contributed by atoms with E-state index < -0.39 is 0 Å². The number of aromatic nitrogens is 1. The second kappa shape index (κ2) is 7.83. The fourth-order valence-electron chi connectivity index (χ4n) is 2.22. The van der Waals surface area contributed by atoms with E-state index in [2.05, 4.69) is 32.3 Å². The second-order valence-electron chi connectivity index (χ2n) is 5.32. The number of halogens is 2. The number of anilines is 1. The molecule has 0 radical (unpaired) electrons. The van der Waals surface area contributed by atoms with Gasteiger partial charge in [-0.1, -0.05) is 45.7 Å². The van der Waals surface area contributed by atoms with Gasteiger partial charge in [0.1, 0.15) is 16.6 Å². The lowest BCUT2D eigenvalue weighted by Crippen LogP contribution is -1.93. The third-order valence-corrected chi connectivity index (χ3v) is 5.15. The number of nitrogens with one attached hydrogen (secondary N) is 1. The lowest BCUT2D eigenvalue weighted by atomic mass is 10.2. The Morgan fingerprint density at radius 3 is 2.92 bits per heavy atom. The van der Waals surface area contributed by atoms with E-state index in [1.165, 1.54) is 11.3 Å². The van der Waals surface area contributed by atoms with Crippen LogP contribution >= 0.6 is 38.9 Å². The number of thiazole rings is 1. The summed E-state index contributed by atoms with van der Waals surface area (Å²) in [5, 5.41) is 15.9. The van der Waals surface area contributed by atoms with Gasteiger partial charge >= 0.3 is 0 Å². The van der Waals surface area contributed by atoms with Crippen molar-refractivity contribution >= 4 is 50.1 Å². The fourth-order valence-corrected chi connectivity index (χ4v) is 3.59. The van der Waals surface area contributed by atoms with Crippen LogP contribution in [0.1, 0.15) is 10.6 Å². The van der Waals surface area contributed by atoms with Crippen LogP contribution in [-0.2, 0) is 0 Å². The van der Waals surface area contributed by atoms with Gasteiger partial charge in [0.25, 0.3) is 0 Å². The minimum Gasteiger partial charge on any atom is -0.360 e. The third kappa shape index (κ3) is 4.29. The first kappa shape index (κ1) is 17.7. The van der Waals surface area contributed by atoms with Gasteiger partial charge in [0.2, 0.25) is 0 Å². The van der Waals surface area contributed by atoms with Crippen molar-refractivity contribution in [2.24, 2.45) is 0 Å². The second-order valence-corrected chi connectivity index (χ2v) is 7.53. The fraction of sp³-hybridized carbons (Fsp3) is 0.0526. The number of hydrogen-bond donors (Lipinski definition) is 1. The van der Waals surface area contributed by atoms with Crippen molar-refractivity contribution in [1.29, 1.82) is 5.26 Å². The summed E-state index contributed by atoms with van der Waals surface area (Å²) in [5.41, 5.74) is 4.25. The standard InChI is InChI=1S/C19H13BrClN3S/c1-12-5-6-16(21)8-17(12)23-10-14(9-22)19-24-18(11-25-19)13-3-2-4-15(20)7-13/h2-8,10-11,23H,1H3/b14-10+. The Hall–Kier alpha value is -2.13. The summed E-state index contributed by atoms with van der Waals surface area (Å²) < 4.78 is 0.994. The molecule has 0 atom stereocenters. The number of hydrogen-bond acceptors (Lipinski definition) is 4. The zero-order valence-electron chi connectivity index (χ0n) is 13.3. The van der Waals surface area contributed by atoms with Gasteiger partial charge in [-0.3, -0.25) is 0 Å². The normalized spacial score (nSPS) is 11.2. The summed E-state index contributed by atoms with van der Waals surface area (Å²) in [7, 11) is 0. The average molecular weight is 431 g/mol. The Kier molecular flexibility index (Phi) is 5.54. The number of allylic oxidation sites excluding steroid dienone is 1. The van der Waals surface area contributed by atoms with E-state index in [9.17, 15) is 5.26 Å². The van der Waals surface area contributed by atoms with Gasteiger partial charge in [-0.25, -0.2) is 4.98 Å². The van der Waals surface area contributed by atoms with Crippen molar-refractivity contribution in [3.8, 4) is 17.3 Å². The quantitative estimate of drug-likeness (QED) is 0.480. The molecule has 1 aromatic heterocycles. The maximum absolute atomic E-state index is 9.48. The number of nitriles is 1. The van der Waals surface area contributed by atoms with Crippen molar-refractivity contribution in [3.63, 3.8) is 0 Å². The van der Waals surface area contributed by atoms with Crippen molar-refractivity contribution in [3.05, 3.63) is 74.1 Å². The molecule has 3 nitrogen and oxygen atoms in total. The molecule has 0 spiro atoms. The van der Waals surface area contributed by atoms with Crippen LogP contribution in [0.4, 0.5) is 5.69 Å². The van der Waals surface area contributed by atoms with E-state index in [4.69, 9.17) is 11.6 Å². The lowest BCUT2D eigenvalue weighted by molar-refractivity contribution is 1.36. The van der Waals surface area contributed by atoms with Crippen LogP contribution in [0.15, 0.2) is 58.5 Å². The molecule has 3 rings (SSSR count). The Labute approximate surface area is 163 Å². The molecular weight excluding hydrogens is 418 g/mol. The van der Waals surface area contributed by atoms with Gasteiger partial charge in [0.15, 0.2) is 0 Å². The minimum atomic E-state index is 0.477. The van der Waals surface area contributed by atoms with E-state index in [1.54, 1.807) is 6.20 Å². The maximum atomic E-state index is 9.48. The zero-order valence-corrected chi connectivity index (χ0v) is 16.4. The van der Waals surface area contributed by atoms with Gasteiger partial charge < -0.3 is 5.32 Å². The first-order valence-corrected chi connectivity index (χ1v) is 9.46. The molecule has 0 saturated heterocycles. The topological polar surface area (TPSA) is 48.7 Å². The van der Waals surface area contributed by atoms with E-state index in [1.807, 2.05) is 54.8 Å². The van der Waals surface area contributed by atoms with Crippen LogP contribution in [-0.4, -0.2) is 4.98 Å². The SMILES string of the molecule is Cc1ccc(Cl)cc1N/C=C(\C#N)c1nc(-c2cccc(Br)c2)cs1. The summed E-state index contributed by atoms with van der Waals surface area (Å²) in [6.45, 7) is 1.98. The Balaban J connectivity index is 1.87. The molecule has 124 valence electrons. The molecule has 1 N–H and O–H groups in total. The van der Waals surface area contributed by atoms with Crippen molar-refractivity contribution < 1.29 is 0 Å². The zero-order chi connectivity index (χ0) is 17.8. The molecule has 0 saturated carbocycles. The van der Waals surface area contributed by atoms with Crippen LogP contribution in [0.5, 0.6) is 0 Å². The summed E-state index contributed by atoms with van der Waals surface area (Å²) >= 11 is 10.9. The van der Waals surface area contributed by atoms with Gasteiger partial charge in [0.05, 0.1) is 5.69 Å². The van der Waals surface area contributed by atoms with Crippen molar-refractivity contribution in [2.45, 2.75) is 6.92 Å². The predicted molar refractivity (Wildman–Crippen MR) is 109 cm³/mol. The lowest BCUT2D eigenvalue weighted by Gasteiger charge is -2.06. The van der Waals surface area contributed by atoms with Crippen molar-refractivity contribution in [1.82, 2.24) is 4.98 Å². The highest BCUT2D eigenvalue weighted by atomic mass is 79.9. The summed E-state index contributed by atoms with van der Waals surface area (Å²) in [4.78, 5) is 4.59. The van der Waals surface area contributed by atoms with Crippen LogP contribution in [0.2, 0.25) is 5.02 Å². The van der Waals surface area contributed by atoms with Crippen LogP contribution in [0, 0.1) is 18.3 Å². The molecule has 0 aliphatic heterocycles. The molecule has 0 bridgehead atoms. The van der Waals surface area contributed by atoms with E-state index >= 15 is 0 Å². The molecule has 0 amide bonds. The van der Waals surface area contributed by atoms with Gasteiger partial charge in [0, 0.05) is 32.3 Å². The van der Waals surface area contributed by atoms with Crippen LogP contribution in [0.3, 0.4) is 0 Å². The number of aryl methyl sites for hydroxylation is 1. The highest BCUT2D eigenvalue weighted by Gasteiger charge is 2.09.